The van der Waals surface area contributed by atoms with E-state index in [4.69, 9.17) is 4.43 Å². The summed E-state index contributed by atoms with van der Waals surface area (Å²) < 4.78 is 6.33. The first-order valence-electron chi connectivity index (χ1n) is 10.2. The first-order chi connectivity index (χ1) is 12.8. The van der Waals surface area contributed by atoms with Crippen LogP contribution in [0.1, 0.15) is 51.2 Å². The average Bonchev–Trinajstić information content (AvgIpc) is 2.64. The average molecular weight is 381 g/mol. The zero-order chi connectivity index (χ0) is 19.9. The fraction of sp³-hybridized carbons (Fsp3) is 0.440. The van der Waals surface area contributed by atoms with Gasteiger partial charge in [0.25, 0.3) is 0 Å². The Morgan fingerprint density at radius 1 is 0.889 bits per heavy atom. The Morgan fingerprint density at radius 3 is 1.78 bits per heavy atom. The molecule has 0 saturated heterocycles. The second kappa shape index (κ2) is 9.52. The number of rotatable bonds is 8. The summed E-state index contributed by atoms with van der Waals surface area (Å²) in [7, 11) is -1.69. The zero-order valence-corrected chi connectivity index (χ0v) is 18.9. The summed E-state index contributed by atoms with van der Waals surface area (Å²) in [5.74, 6) is 0.833. The van der Waals surface area contributed by atoms with Crippen molar-refractivity contribution in [1.29, 1.82) is 0 Å². The molecule has 0 amide bonds. The van der Waals surface area contributed by atoms with Crippen molar-refractivity contribution in [3.8, 4) is 0 Å². The number of allylic oxidation sites excluding steroid dienone is 1. The van der Waals surface area contributed by atoms with E-state index in [1.54, 1.807) is 0 Å². The Hall–Kier alpha value is -1.64. The highest BCUT2D eigenvalue weighted by atomic mass is 28.4. The molecule has 1 atom stereocenters. The molecule has 0 aliphatic carbocycles. The second-order valence-corrected chi connectivity index (χ2v) is 13.7. The highest BCUT2D eigenvalue weighted by Crippen LogP contribution is 2.37. The lowest BCUT2D eigenvalue weighted by atomic mass is 9.79. The SMILES string of the molecule is CCC(/C=C/CO[Si](C)(C)C(C)(C)C)C(c1ccccc1)c1ccccc1. The fourth-order valence-corrected chi connectivity index (χ4v) is 4.14. The van der Waals surface area contributed by atoms with Gasteiger partial charge in [0.1, 0.15) is 0 Å². The summed E-state index contributed by atoms with van der Waals surface area (Å²) >= 11 is 0. The molecule has 0 fully saturated rings. The summed E-state index contributed by atoms with van der Waals surface area (Å²) in [5.41, 5.74) is 2.76. The maximum atomic E-state index is 6.33. The highest BCUT2D eigenvalue weighted by Gasteiger charge is 2.36. The van der Waals surface area contributed by atoms with E-state index in [1.165, 1.54) is 11.1 Å². The van der Waals surface area contributed by atoms with Crippen LogP contribution in [0.2, 0.25) is 18.1 Å². The van der Waals surface area contributed by atoms with Gasteiger partial charge in [-0.3, -0.25) is 0 Å². The van der Waals surface area contributed by atoms with Crippen LogP contribution in [0.15, 0.2) is 72.8 Å². The molecule has 0 N–H and O–H groups in total. The Kier molecular flexibility index (Phi) is 7.64. The third kappa shape index (κ3) is 5.92. The van der Waals surface area contributed by atoms with Crippen LogP contribution in [0.3, 0.4) is 0 Å². The minimum absolute atomic E-state index is 0.252. The van der Waals surface area contributed by atoms with E-state index in [1.807, 2.05) is 0 Å². The van der Waals surface area contributed by atoms with E-state index in [-0.39, 0.29) is 5.04 Å². The predicted octanol–water partition coefficient (Wildman–Crippen LogP) is 7.42. The van der Waals surface area contributed by atoms with Gasteiger partial charge in [-0.05, 0) is 41.6 Å². The van der Waals surface area contributed by atoms with Gasteiger partial charge in [0.05, 0.1) is 6.61 Å². The van der Waals surface area contributed by atoms with Crippen LogP contribution in [0.5, 0.6) is 0 Å². The summed E-state index contributed by atoms with van der Waals surface area (Å²) in [6, 6.07) is 21.8. The molecule has 0 aromatic heterocycles. The third-order valence-corrected chi connectivity index (χ3v) is 10.4. The van der Waals surface area contributed by atoms with E-state index in [9.17, 15) is 0 Å². The monoisotopic (exact) mass is 380 g/mol. The van der Waals surface area contributed by atoms with Crippen LogP contribution in [-0.2, 0) is 4.43 Å². The number of benzene rings is 2. The second-order valence-electron chi connectivity index (χ2n) is 8.87. The van der Waals surface area contributed by atoms with Gasteiger partial charge < -0.3 is 4.43 Å². The van der Waals surface area contributed by atoms with Crippen molar-refractivity contribution in [3.63, 3.8) is 0 Å². The normalized spacial score (nSPS) is 14.0. The lowest BCUT2D eigenvalue weighted by Crippen LogP contribution is -2.40. The van der Waals surface area contributed by atoms with Crippen molar-refractivity contribution >= 4 is 8.32 Å². The van der Waals surface area contributed by atoms with Gasteiger partial charge in [-0.2, -0.15) is 0 Å². The molecule has 0 saturated carbocycles. The Balaban J connectivity index is 2.18. The first kappa shape index (κ1) is 21.7. The molecule has 0 bridgehead atoms. The van der Waals surface area contributed by atoms with Crippen molar-refractivity contribution < 1.29 is 4.43 Å². The Morgan fingerprint density at radius 2 is 1.37 bits per heavy atom. The first-order valence-corrected chi connectivity index (χ1v) is 13.1. The molecule has 0 radical (unpaired) electrons. The minimum atomic E-state index is -1.69. The van der Waals surface area contributed by atoms with Gasteiger partial charge in [-0.15, -0.1) is 0 Å². The van der Waals surface area contributed by atoms with Gasteiger partial charge in [0.2, 0.25) is 0 Å². The summed E-state index contributed by atoms with van der Waals surface area (Å²) in [5, 5.41) is 0.252. The summed E-state index contributed by atoms with van der Waals surface area (Å²) in [4.78, 5) is 0. The molecule has 27 heavy (non-hydrogen) atoms. The molecule has 0 heterocycles. The molecule has 0 aliphatic heterocycles. The molecule has 146 valence electrons. The van der Waals surface area contributed by atoms with Crippen molar-refractivity contribution in [1.82, 2.24) is 0 Å². The van der Waals surface area contributed by atoms with Crippen molar-refractivity contribution in [3.05, 3.63) is 83.9 Å². The third-order valence-electron chi connectivity index (χ3n) is 5.95. The molecule has 0 aliphatic rings. The standard InChI is InChI=1S/C25H36OSi/c1-7-21(19-14-20-26-27(5,6)25(2,3)4)24(22-15-10-8-11-16-22)23-17-12-9-13-18-23/h8-19,21,24H,7,20H2,1-6H3/b19-14+. The predicted molar refractivity (Wildman–Crippen MR) is 121 cm³/mol. The molecular formula is C25H36OSi. The van der Waals surface area contributed by atoms with Gasteiger partial charge in [0.15, 0.2) is 8.32 Å². The molecule has 0 spiro atoms. The van der Waals surface area contributed by atoms with Crippen molar-refractivity contribution in [2.75, 3.05) is 6.61 Å². The van der Waals surface area contributed by atoms with E-state index >= 15 is 0 Å². The molecule has 1 unspecified atom stereocenters. The number of hydrogen-bond donors (Lipinski definition) is 0. The molecule has 2 heteroatoms. The topological polar surface area (TPSA) is 9.23 Å². The Bertz CT molecular complexity index is 659. The smallest absolute Gasteiger partial charge is 0.192 e. The van der Waals surface area contributed by atoms with Gasteiger partial charge in [-0.25, -0.2) is 0 Å². The van der Waals surface area contributed by atoms with Crippen molar-refractivity contribution in [2.24, 2.45) is 5.92 Å². The minimum Gasteiger partial charge on any atom is -0.413 e. The van der Waals surface area contributed by atoms with E-state index in [2.05, 4.69) is 114 Å². The summed E-state index contributed by atoms with van der Waals surface area (Å²) in [6.07, 6.45) is 5.72. The van der Waals surface area contributed by atoms with Gasteiger partial charge >= 0.3 is 0 Å². The van der Waals surface area contributed by atoms with Crippen LogP contribution >= 0.6 is 0 Å². The van der Waals surface area contributed by atoms with E-state index in [0.717, 1.165) is 6.42 Å². The van der Waals surface area contributed by atoms with Crippen LogP contribution in [0.25, 0.3) is 0 Å². The molecular weight excluding hydrogens is 344 g/mol. The van der Waals surface area contributed by atoms with Crippen molar-refractivity contribution in [2.45, 2.75) is 58.2 Å². The van der Waals surface area contributed by atoms with Crippen LogP contribution < -0.4 is 0 Å². The zero-order valence-electron chi connectivity index (χ0n) is 17.9. The van der Waals surface area contributed by atoms with Crippen LogP contribution in [-0.4, -0.2) is 14.9 Å². The molecule has 2 rings (SSSR count). The molecule has 2 aromatic carbocycles. The molecule has 2 aromatic rings. The Labute approximate surface area is 167 Å². The maximum absolute atomic E-state index is 6.33. The maximum Gasteiger partial charge on any atom is 0.192 e. The lowest BCUT2D eigenvalue weighted by molar-refractivity contribution is 0.327. The quantitative estimate of drug-likeness (QED) is 0.342. The van der Waals surface area contributed by atoms with Crippen LogP contribution in [0, 0.1) is 5.92 Å². The van der Waals surface area contributed by atoms with Gasteiger partial charge in [-0.1, -0.05) is 101 Å². The fourth-order valence-electron chi connectivity index (χ4n) is 3.19. The van der Waals surface area contributed by atoms with E-state index in [0.29, 0.717) is 18.4 Å². The van der Waals surface area contributed by atoms with E-state index < -0.39 is 8.32 Å². The lowest BCUT2D eigenvalue weighted by Gasteiger charge is -2.35. The molecule has 1 nitrogen and oxygen atoms in total. The number of hydrogen-bond acceptors (Lipinski definition) is 1. The highest BCUT2D eigenvalue weighted by molar-refractivity contribution is 6.74. The van der Waals surface area contributed by atoms with Gasteiger partial charge in [0, 0.05) is 5.92 Å². The largest absolute Gasteiger partial charge is 0.413 e. The van der Waals surface area contributed by atoms with Crippen LogP contribution in [0.4, 0.5) is 0 Å². The summed E-state index contributed by atoms with van der Waals surface area (Å²) in [6.45, 7) is 14.5.